The minimum absolute atomic E-state index is 0.334. The van der Waals surface area contributed by atoms with Crippen molar-refractivity contribution in [2.75, 3.05) is 7.11 Å². The minimum Gasteiger partial charge on any atom is -0.497 e. The lowest BCUT2D eigenvalue weighted by atomic mass is 9.76. The van der Waals surface area contributed by atoms with E-state index in [2.05, 4.69) is 4.98 Å². The van der Waals surface area contributed by atoms with E-state index >= 15 is 0 Å². The van der Waals surface area contributed by atoms with Crippen LogP contribution in [-0.2, 0) is 5.60 Å². The lowest BCUT2D eigenvalue weighted by molar-refractivity contribution is 0.0380. The molecule has 1 N–H and O–H groups in total. The topological polar surface area (TPSA) is 42.4 Å². The second-order valence-electron chi connectivity index (χ2n) is 6.12. The molecule has 25 heavy (non-hydrogen) atoms. The van der Waals surface area contributed by atoms with Crippen LogP contribution < -0.4 is 4.74 Å². The fourth-order valence-corrected chi connectivity index (χ4v) is 3.21. The molecule has 0 saturated carbocycles. The summed E-state index contributed by atoms with van der Waals surface area (Å²) in [6.07, 6.45) is 1.74. The molecule has 0 spiro atoms. The van der Waals surface area contributed by atoms with Crippen LogP contribution in [0.4, 0.5) is 0 Å². The predicted octanol–water partition coefficient (Wildman–Crippen LogP) is 4.78. The van der Waals surface area contributed by atoms with Crippen molar-refractivity contribution in [3.8, 4) is 5.75 Å². The highest BCUT2D eigenvalue weighted by atomic mass is 35.5. The van der Waals surface area contributed by atoms with Crippen LogP contribution in [0, 0.1) is 0 Å². The Kier molecular flexibility index (Phi) is 5.07. The molecule has 3 aromatic rings. The highest BCUT2D eigenvalue weighted by Crippen LogP contribution is 2.41. The number of nitrogens with zero attached hydrogens (tertiary/aromatic N) is 1. The summed E-state index contributed by atoms with van der Waals surface area (Å²) in [6.45, 7) is 1.81. The van der Waals surface area contributed by atoms with Crippen LogP contribution in [-0.4, -0.2) is 17.2 Å². The van der Waals surface area contributed by atoms with Gasteiger partial charge < -0.3 is 9.84 Å². The van der Waals surface area contributed by atoms with Gasteiger partial charge in [-0.05, 0) is 54.4 Å². The molecule has 0 fully saturated rings. The maximum absolute atomic E-state index is 11.5. The van der Waals surface area contributed by atoms with Crippen molar-refractivity contribution in [1.29, 1.82) is 0 Å². The van der Waals surface area contributed by atoms with Crippen molar-refractivity contribution in [3.05, 3.63) is 94.8 Å². The maximum atomic E-state index is 11.5. The number of pyridine rings is 1. The van der Waals surface area contributed by atoms with Crippen LogP contribution in [0.5, 0.6) is 5.75 Å². The second-order valence-corrected chi connectivity index (χ2v) is 6.55. The third-order valence-electron chi connectivity index (χ3n) is 4.42. The summed E-state index contributed by atoms with van der Waals surface area (Å²) in [5, 5.41) is 12.1. The van der Waals surface area contributed by atoms with Gasteiger partial charge in [-0.15, -0.1) is 0 Å². The summed E-state index contributed by atoms with van der Waals surface area (Å²) in [5.41, 5.74) is 1.38. The van der Waals surface area contributed by atoms with Gasteiger partial charge in [0.15, 0.2) is 0 Å². The average molecular weight is 354 g/mol. The summed E-state index contributed by atoms with van der Waals surface area (Å²) in [6, 6.07) is 20.7. The van der Waals surface area contributed by atoms with E-state index in [4.69, 9.17) is 16.3 Å². The quantitative estimate of drug-likeness (QED) is 0.717. The van der Waals surface area contributed by atoms with E-state index in [1.54, 1.807) is 13.3 Å². The smallest absolute Gasteiger partial charge is 0.118 e. The zero-order valence-corrected chi connectivity index (χ0v) is 14.9. The third kappa shape index (κ3) is 3.68. The number of ether oxygens (including phenoxy) is 1. The zero-order valence-electron chi connectivity index (χ0n) is 14.2. The van der Waals surface area contributed by atoms with Crippen molar-refractivity contribution in [3.63, 3.8) is 0 Å². The summed E-state index contributed by atoms with van der Waals surface area (Å²) in [4.78, 5) is 4.49. The standard InChI is InChI=1S/C21H20ClNO2/c1-21(24,16-8-12-18(25-2)13-9-16)20(19-5-3-4-14-23-19)15-6-10-17(22)11-7-15/h3-14,20,24H,1-2H3/t20-,21+/m0/s1. The lowest BCUT2D eigenvalue weighted by Gasteiger charge is -2.33. The second kappa shape index (κ2) is 7.26. The molecule has 0 unspecified atom stereocenters. The number of rotatable bonds is 5. The Labute approximate surface area is 152 Å². The maximum Gasteiger partial charge on any atom is 0.118 e. The molecule has 4 heteroatoms. The van der Waals surface area contributed by atoms with Gasteiger partial charge in [-0.2, -0.15) is 0 Å². The lowest BCUT2D eigenvalue weighted by Crippen LogP contribution is -2.31. The Bertz CT molecular complexity index is 815. The molecular weight excluding hydrogens is 334 g/mol. The van der Waals surface area contributed by atoms with E-state index in [9.17, 15) is 5.11 Å². The molecule has 2 atom stereocenters. The summed E-state index contributed by atoms with van der Waals surface area (Å²) < 4.78 is 5.22. The Hall–Kier alpha value is -2.36. The van der Waals surface area contributed by atoms with Crippen molar-refractivity contribution in [1.82, 2.24) is 4.98 Å². The van der Waals surface area contributed by atoms with Crippen LogP contribution >= 0.6 is 11.6 Å². The van der Waals surface area contributed by atoms with Crippen LogP contribution in [0.25, 0.3) is 0 Å². The largest absolute Gasteiger partial charge is 0.497 e. The minimum atomic E-state index is -1.16. The van der Waals surface area contributed by atoms with Crippen LogP contribution in [0.15, 0.2) is 72.9 Å². The first-order valence-corrected chi connectivity index (χ1v) is 8.43. The summed E-state index contributed by atoms with van der Waals surface area (Å²) in [7, 11) is 1.62. The molecule has 0 aliphatic rings. The summed E-state index contributed by atoms with van der Waals surface area (Å²) in [5.74, 6) is 0.416. The molecule has 0 amide bonds. The average Bonchev–Trinajstić information content (AvgIpc) is 2.64. The van der Waals surface area contributed by atoms with Crippen molar-refractivity contribution < 1.29 is 9.84 Å². The molecule has 1 heterocycles. The molecule has 0 bridgehead atoms. The van der Waals surface area contributed by atoms with Gasteiger partial charge in [-0.3, -0.25) is 4.98 Å². The first-order chi connectivity index (χ1) is 12.0. The van der Waals surface area contributed by atoms with Crippen molar-refractivity contribution >= 4 is 11.6 Å². The molecule has 3 nitrogen and oxygen atoms in total. The van der Waals surface area contributed by atoms with Gasteiger partial charge >= 0.3 is 0 Å². The first kappa shape index (κ1) is 17.5. The molecular formula is C21H20ClNO2. The van der Waals surface area contributed by atoms with Gasteiger partial charge in [0.25, 0.3) is 0 Å². The number of hydrogen-bond acceptors (Lipinski definition) is 3. The van der Waals surface area contributed by atoms with E-state index < -0.39 is 5.60 Å². The fourth-order valence-electron chi connectivity index (χ4n) is 3.08. The monoisotopic (exact) mass is 353 g/mol. The SMILES string of the molecule is COc1ccc([C@@](C)(O)[C@@H](c2ccc(Cl)cc2)c2ccccn2)cc1. The fraction of sp³-hybridized carbons (Fsp3) is 0.190. The Morgan fingerprint density at radius 3 is 2.24 bits per heavy atom. The first-order valence-electron chi connectivity index (χ1n) is 8.05. The van der Waals surface area contributed by atoms with Gasteiger partial charge in [0.2, 0.25) is 0 Å². The van der Waals surface area contributed by atoms with Crippen molar-refractivity contribution in [2.24, 2.45) is 0 Å². The Morgan fingerprint density at radius 1 is 1.00 bits per heavy atom. The number of methoxy groups -OCH3 is 1. The molecule has 0 saturated heterocycles. The molecule has 2 aromatic carbocycles. The van der Waals surface area contributed by atoms with E-state index in [-0.39, 0.29) is 5.92 Å². The number of benzene rings is 2. The molecule has 0 aliphatic carbocycles. The number of hydrogen-bond donors (Lipinski definition) is 1. The van der Waals surface area contributed by atoms with Crippen LogP contribution in [0.3, 0.4) is 0 Å². The van der Waals surface area contributed by atoms with E-state index in [1.807, 2.05) is 73.7 Å². The number of aliphatic hydroxyl groups is 1. The molecule has 0 radical (unpaired) electrons. The van der Waals surface area contributed by atoms with E-state index in [0.29, 0.717) is 5.02 Å². The molecule has 0 aliphatic heterocycles. The molecule has 3 rings (SSSR count). The van der Waals surface area contributed by atoms with Crippen LogP contribution in [0.2, 0.25) is 5.02 Å². The highest BCUT2D eigenvalue weighted by Gasteiger charge is 2.37. The van der Waals surface area contributed by atoms with Crippen molar-refractivity contribution in [2.45, 2.75) is 18.4 Å². The Balaban J connectivity index is 2.10. The normalized spacial score (nSPS) is 14.6. The van der Waals surface area contributed by atoms with Gasteiger partial charge in [0.1, 0.15) is 5.75 Å². The van der Waals surface area contributed by atoms with Gasteiger partial charge in [0, 0.05) is 11.2 Å². The molecule has 128 valence electrons. The number of aromatic nitrogens is 1. The highest BCUT2D eigenvalue weighted by molar-refractivity contribution is 6.30. The van der Waals surface area contributed by atoms with E-state index in [0.717, 1.165) is 22.6 Å². The van der Waals surface area contributed by atoms with Gasteiger partial charge in [-0.25, -0.2) is 0 Å². The zero-order chi connectivity index (χ0) is 17.9. The van der Waals surface area contributed by atoms with Gasteiger partial charge in [0.05, 0.1) is 24.3 Å². The third-order valence-corrected chi connectivity index (χ3v) is 4.68. The van der Waals surface area contributed by atoms with Crippen LogP contribution in [0.1, 0.15) is 29.7 Å². The van der Waals surface area contributed by atoms with Gasteiger partial charge in [-0.1, -0.05) is 41.9 Å². The summed E-state index contributed by atoms with van der Waals surface area (Å²) >= 11 is 6.03. The predicted molar refractivity (Wildman–Crippen MR) is 100 cm³/mol. The Morgan fingerprint density at radius 2 is 1.68 bits per heavy atom. The van der Waals surface area contributed by atoms with E-state index in [1.165, 1.54) is 0 Å². The number of halogens is 1. The molecule has 1 aromatic heterocycles.